The smallest absolute Gasteiger partial charge is 0.229 e. The molecule has 0 spiro atoms. The van der Waals surface area contributed by atoms with E-state index in [2.05, 4.69) is 20.4 Å². The van der Waals surface area contributed by atoms with E-state index in [-0.39, 0.29) is 0 Å². The summed E-state index contributed by atoms with van der Waals surface area (Å²) in [6, 6.07) is 5.78. The third kappa shape index (κ3) is 2.63. The maximum atomic E-state index is 8.84. The molecule has 2 heterocycles. The van der Waals surface area contributed by atoms with Gasteiger partial charge in [-0.1, -0.05) is 0 Å². The van der Waals surface area contributed by atoms with Crippen molar-refractivity contribution in [3.8, 4) is 6.07 Å². The van der Waals surface area contributed by atoms with E-state index in [0.29, 0.717) is 23.5 Å². The van der Waals surface area contributed by atoms with Crippen LogP contribution in [0.1, 0.15) is 31.3 Å². The van der Waals surface area contributed by atoms with E-state index in [0.717, 1.165) is 5.69 Å². The van der Waals surface area contributed by atoms with E-state index in [1.165, 1.54) is 0 Å². The summed E-state index contributed by atoms with van der Waals surface area (Å²) in [6.45, 7) is 5.92. The summed E-state index contributed by atoms with van der Waals surface area (Å²) in [5, 5.41) is 16.2. The second kappa shape index (κ2) is 4.84. The number of nitriles is 1. The third-order valence-electron chi connectivity index (χ3n) is 2.35. The maximum absolute atomic E-state index is 8.84. The molecule has 0 amide bonds. The van der Waals surface area contributed by atoms with Crippen LogP contribution in [0.15, 0.2) is 18.3 Å². The molecule has 0 saturated heterocycles. The monoisotopic (exact) mass is 242 g/mol. The standard InChI is InChI=1S/C12H14N6/c1-8(2)18-5-4-11(17-18)16-12-14-9(3)6-10(7-13)15-12/h4-6,8H,1-3H3,(H,14,15,16,17). The number of nitrogens with one attached hydrogen (secondary N) is 1. The van der Waals surface area contributed by atoms with E-state index < -0.39 is 0 Å². The average molecular weight is 242 g/mol. The van der Waals surface area contributed by atoms with E-state index >= 15 is 0 Å². The number of rotatable bonds is 3. The van der Waals surface area contributed by atoms with Crippen LogP contribution in [0.25, 0.3) is 0 Å². The van der Waals surface area contributed by atoms with E-state index in [1.807, 2.05) is 43.8 Å². The molecule has 0 aromatic carbocycles. The van der Waals surface area contributed by atoms with Gasteiger partial charge in [-0.15, -0.1) is 0 Å². The van der Waals surface area contributed by atoms with Crippen molar-refractivity contribution < 1.29 is 0 Å². The van der Waals surface area contributed by atoms with Gasteiger partial charge in [-0.3, -0.25) is 4.68 Å². The van der Waals surface area contributed by atoms with Gasteiger partial charge >= 0.3 is 0 Å². The molecule has 6 nitrogen and oxygen atoms in total. The number of hydrogen-bond donors (Lipinski definition) is 1. The largest absolute Gasteiger partial charge is 0.307 e. The van der Waals surface area contributed by atoms with Crippen molar-refractivity contribution >= 4 is 11.8 Å². The summed E-state index contributed by atoms with van der Waals surface area (Å²) in [4.78, 5) is 8.28. The van der Waals surface area contributed by atoms with Gasteiger partial charge in [-0.2, -0.15) is 10.4 Å². The van der Waals surface area contributed by atoms with Crippen molar-refractivity contribution in [2.45, 2.75) is 26.8 Å². The van der Waals surface area contributed by atoms with E-state index in [9.17, 15) is 0 Å². The predicted molar refractivity (Wildman–Crippen MR) is 67.4 cm³/mol. The second-order valence-corrected chi connectivity index (χ2v) is 4.23. The van der Waals surface area contributed by atoms with Crippen LogP contribution in [0.2, 0.25) is 0 Å². The van der Waals surface area contributed by atoms with Gasteiger partial charge in [0.15, 0.2) is 5.82 Å². The quantitative estimate of drug-likeness (QED) is 0.892. The number of nitrogens with zero attached hydrogens (tertiary/aromatic N) is 5. The highest BCUT2D eigenvalue weighted by Gasteiger charge is 2.05. The van der Waals surface area contributed by atoms with Crippen molar-refractivity contribution in [1.29, 1.82) is 5.26 Å². The summed E-state index contributed by atoms with van der Waals surface area (Å²) >= 11 is 0. The highest BCUT2D eigenvalue weighted by molar-refractivity contribution is 5.47. The molecule has 0 fully saturated rings. The Kier molecular flexibility index (Phi) is 3.24. The fraction of sp³-hybridized carbons (Fsp3) is 0.333. The highest BCUT2D eigenvalue weighted by atomic mass is 15.3. The third-order valence-corrected chi connectivity index (χ3v) is 2.35. The van der Waals surface area contributed by atoms with Crippen molar-refractivity contribution in [2.24, 2.45) is 0 Å². The fourth-order valence-corrected chi connectivity index (χ4v) is 1.49. The topological polar surface area (TPSA) is 79.4 Å². The normalized spacial score (nSPS) is 10.4. The first-order valence-electron chi connectivity index (χ1n) is 5.66. The van der Waals surface area contributed by atoms with Crippen LogP contribution in [0.4, 0.5) is 11.8 Å². The number of anilines is 2. The predicted octanol–water partition coefficient (Wildman–Crippen LogP) is 2.18. The minimum absolute atomic E-state index is 0.300. The maximum Gasteiger partial charge on any atom is 0.229 e. The number of hydrogen-bond acceptors (Lipinski definition) is 5. The molecule has 18 heavy (non-hydrogen) atoms. The minimum atomic E-state index is 0.300. The zero-order valence-electron chi connectivity index (χ0n) is 10.5. The summed E-state index contributed by atoms with van der Waals surface area (Å²) in [7, 11) is 0. The van der Waals surface area contributed by atoms with Crippen LogP contribution in [0.3, 0.4) is 0 Å². The molecular weight excluding hydrogens is 228 g/mol. The molecule has 2 aromatic rings. The Morgan fingerprint density at radius 3 is 2.78 bits per heavy atom. The summed E-state index contributed by atoms with van der Waals surface area (Å²) in [5.74, 6) is 1.05. The Bertz CT molecular complexity index is 593. The van der Waals surface area contributed by atoms with Crippen molar-refractivity contribution in [3.63, 3.8) is 0 Å². The van der Waals surface area contributed by atoms with Gasteiger partial charge in [0.05, 0.1) is 0 Å². The van der Waals surface area contributed by atoms with Gasteiger partial charge in [-0.25, -0.2) is 9.97 Å². The lowest BCUT2D eigenvalue weighted by molar-refractivity contribution is 0.534. The lowest BCUT2D eigenvalue weighted by atomic mass is 10.3. The fourth-order valence-electron chi connectivity index (χ4n) is 1.49. The molecule has 0 atom stereocenters. The lowest BCUT2D eigenvalue weighted by Gasteiger charge is -2.05. The molecule has 92 valence electrons. The van der Waals surface area contributed by atoms with Crippen LogP contribution in [-0.2, 0) is 0 Å². The summed E-state index contributed by atoms with van der Waals surface area (Å²) in [6.07, 6.45) is 1.88. The first-order valence-corrected chi connectivity index (χ1v) is 5.66. The Morgan fingerprint density at radius 1 is 1.39 bits per heavy atom. The van der Waals surface area contributed by atoms with Crippen molar-refractivity contribution in [1.82, 2.24) is 19.7 Å². The molecule has 2 rings (SSSR count). The van der Waals surface area contributed by atoms with Crippen LogP contribution in [0, 0.1) is 18.3 Å². The molecule has 1 N–H and O–H groups in total. The van der Waals surface area contributed by atoms with Crippen LogP contribution < -0.4 is 5.32 Å². The van der Waals surface area contributed by atoms with Gasteiger partial charge in [0, 0.05) is 24.0 Å². The van der Waals surface area contributed by atoms with Gasteiger partial charge in [0.1, 0.15) is 11.8 Å². The summed E-state index contributed by atoms with van der Waals surface area (Å²) in [5.41, 5.74) is 1.08. The SMILES string of the molecule is Cc1cc(C#N)nc(Nc2ccn(C(C)C)n2)n1. The Hall–Kier alpha value is -2.42. The summed E-state index contributed by atoms with van der Waals surface area (Å²) < 4.78 is 1.84. The second-order valence-electron chi connectivity index (χ2n) is 4.23. The van der Waals surface area contributed by atoms with E-state index in [4.69, 9.17) is 5.26 Å². The Balaban J connectivity index is 2.23. The molecule has 0 aliphatic heterocycles. The lowest BCUT2D eigenvalue weighted by Crippen LogP contribution is -2.04. The van der Waals surface area contributed by atoms with Crippen molar-refractivity contribution in [3.05, 3.63) is 29.7 Å². The highest BCUT2D eigenvalue weighted by Crippen LogP contribution is 2.13. The first kappa shape index (κ1) is 12.0. The number of aromatic nitrogens is 4. The zero-order chi connectivity index (χ0) is 13.1. The van der Waals surface area contributed by atoms with Gasteiger partial charge < -0.3 is 5.32 Å². The molecule has 0 saturated carbocycles. The van der Waals surface area contributed by atoms with E-state index in [1.54, 1.807) is 6.07 Å². The zero-order valence-corrected chi connectivity index (χ0v) is 10.5. The van der Waals surface area contributed by atoms with Crippen molar-refractivity contribution in [2.75, 3.05) is 5.32 Å². The molecular formula is C12H14N6. The van der Waals surface area contributed by atoms with Gasteiger partial charge in [-0.05, 0) is 26.8 Å². The van der Waals surface area contributed by atoms with Crippen LogP contribution in [-0.4, -0.2) is 19.7 Å². The van der Waals surface area contributed by atoms with Crippen LogP contribution in [0.5, 0.6) is 0 Å². The Morgan fingerprint density at radius 2 is 2.17 bits per heavy atom. The van der Waals surface area contributed by atoms with Gasteiger partial charge in [0.2, 0.25) is 5.95 Å². The van der Waals surface area contributed by atoms with Gasteiger partial charge in [0.25, 0.3) is 0 Å². The minimum Gasteiger partial charge on any atom is -0.307 e. The Labute approximate surface area is 105 Å². The molecule has 0 aliphatic rings. The molecule has 0 bridgehead atoms. The first-order chi connectivity index (χ1) is 8.58. The molecule has 0 radical (unpaired) electrons. The molecule has 6 heteroatoms. The number of aryl methyl sites for hydroxylation is 1. The molecule has 0 unspecified atom stereocenters. The average Bonchev–Trinajstić information content (AvgIpc) is 2.76. The molecule has 0 aliphatic carbocycles. The van der Waals surface area contributed by atoms with Crippen LogP contribution >= 0.6 is 0 Å². The molecule has 2 aromatic heterocycles.